The highest BCUT2D eigenvalue weighted by Gasteiger charge is 2.35. The lowest BCUT2D eigenvalue weighted by Crippen LogP contribution is -2.53. The van der Waals surface area contributed by atoms with Crippen LogP contribution in [-0.2, 0) is 32.6 Å². The Bertz CT molecular complexity index is 1770. The number of nitrogens with zero attached hydrogens (tertiary/aromatic N) is 3. The minimum atomic E-state index is -4.40. The van der Waals surface area contributed by atoms with Crippen molar-refractivity contribution in [3.63, 3.8) is 0 Å². The van der Waals surface area contributed by atoms with Crippen LogP contribution in [0.1, 0.15) is 25.0 Å². The largest absolute Gasteiger partial charge is 0.354 e. The van der Waals surface area contributed by atoms with Gasteiger partial charge in [0, 0.05) is 36.7 Å². The topological polar surface area (TPSA) is 130 Å². The minimum Gasteiger partial charge on any atom is -0.354 e. The summed E-state index contributed by atoms with van der Waals surface area (Å²) < 4.78 is 28.9. The van der Waals surface area contributed by atoms with Crippen molar-refractivity contribution in [1.82, 2.24) is 10.2 Å². The van der Waals surface area contributed by atoms with Crippen LogP contribution in [0.4, 0.5) is 11.4 Å². The van der Waals surface area contributed by atoms with Crippen LogP contribution < -0.4 is 9.62 Å². The molecule has 46 heavy (non-hydrogen) atoms. The Morgan fingerprint density at radius 1 is 0.891 bits per heavy atom. The zero-order chi connectivity index (χ0) is 33.3. The molecule has 0 radical (unpaired) electrons. The maximum atomic E-state index is 14.5. The summed E-state index contributed by atoms with van der Waals surface area (Å²) in [6, 6.07) is 27.6. The van der Waals surface area contributed by atoms with Gasteiger partial charge in [0.25, 0.3) is 15.7 Å². The van der Waals surface area contributed by atoms with Crippen molar-refractivity contribution in [3.05, 3.63) is 135 Å². The number of benzene rings is 4. The SMILES string of the molecule is CC(C)CNC(=O)[C@H](Cc1ccccc1)N(Cc1ccccc1Cl)C(=O)CN(c1cccc([N+](=O)[O-])c1)S(=O)(=O)c1ccccc1. The van der Waals surface area contributed by atoms with Crippen molar-refractivity contribution in [2.75, 3.05) is 17.4 Å². The molecule has 0 saturated heterocycles. The van der Waals surface area contributed by atoms with E-state index in [2.05, 4.69) is 5.32 Å². The Balaban J connectivity index is 1.83. The number of nitro benzene ring substituents is 1. The molecule has 1 N–H and O–H groups in total. The molecule has 0 aliphatic carbocycles. The zero-order valence-electron chi connectivity index (χ0n) is 25.5. The Morgan fingerprint density at radius 2 is 1.52 bits per heavy atom. The number of nitrogens with one attached hydrogen (secondary N) is 1. The summed E-state index contributed by atoms with van der Waals surface area (Å²) in [6.45, 7) is 3.42. The molecule has 0 spiro atoms. The van der Waals surface area contributed by atoms with Gasteiger partial charge < -0.3 is 10.2 Å². The number of rotatable bonds is 14. The number of halogens is 1. The molecular weight excluding hydrogens is 628 g/mol. The average Bonchev–Trinajstić information content (AvgIpc) is 3.05. The van der Waals surface area contributed by atoms with Gasteiger partial charge in [0.15, 0.2) is 0 Å². The molecule has 12 heteroatoms. The number of hydrogen-bond donors (Lipinski definition) is 1. The first-order valence-corrected chi connectivity index (χ1v) is 16.5. The van der Waals surface area contributed by atoms with Gasteiger partial charge in [0.2, 0.25) is 11.8 Å². The fourth-order valence-electron chi connectivity index (χ4n) is 4.80. The maximum absolute atomic E-state index is 14.5. The number of amides is 2. The van der Waals surface area contributed by atoms with E-state index in [0.29, 0.717) is 17.1 Å². The molecule has 0 unspecified atom stereocenters. The van der Waals surface area contributed by atoms with Crippen LogP contribution in [0.2, 0.25) is 5.02 Å². The molecule has 0 aliphatic rings. The third kappa shape index (κ3) is 8.70. The lowest BCUT2D eigenvalue weighted by Gasteiger charge is -2.34. The van der Waals surface area contributed by atoms with Gasteiger partial charge in [0.1, 0.15) is 12.6 Å². The van der Waals surface area contributed by atoms with Crippen molar-refractivity contribution in [2.24, 2.45) is 5.92 Å². The molecular formula is C34H35ClN4O6S. The van der Waals surface area contributed by atoms with Crippen molar-refractivity contribution in [1.29, 1.82) is 0 Å². The van der Waals surface area contributed by atoms with Gasteiger partial charge in [-0.05, 0) is 41.3 Å². The van der Waals surface area contributed by atoms with Crippen LogP contribution >= 0.6 is 11.6 Å². The second-order valence-electron chi connectivity index (χ2n) is 11.1. The van der Waals surface area contributed by atoms with Crippen molar-refractivity contribution in [2.45, 2.75) is 37.8 Å². The molecule has 0 heterocycles. The van der Waals surface area contributed by atoms with Gasteiger partial charge >= 0.3 is 0 Å². The lowest BCUT2D eigenvalue weighted by atomic mass is 10.0. The first-order valence-electron chi connectivity index (χ1n) is 14.6. The Hall–Kier alpha value is -4.74. The van der Waals surface area contributed by atoms with Gasteiger partial charge in [-0.25, -0.2) is 8.42 Å². The third-order valence-corrected chi connectivity index (χ3v) is 9.35. The molecule has 0 saturated carbocycles. The van der Waals surface area contributed by atoms with Crippen LogP contribution in [0.3, 0.4) is 0 Å². The van der Waals surface area contributed by atoms with Crippen molar-refractivity contribution < 1.29 is 22.9 Å². The predicted octanol–water partition coefficient (Wildman–Crippen LogP) is 5.86. The molecule has 0 aromatic heterocycles. The molecule has 4 aromatic rings. The molecule has 1 atom stereocenters. The van der Waals surface area contributed by atoms with E-state index in [1.165, 1.54) is 35.2 Å². The Labute approximate surface area is 273 Å². The van der Waals surface area contributed by atoms with Crippen LogP contribution in [0.5, 0.6) is 0 Å². The molecule has 4 aromatic carbocycles. The summed E-state index contributed by atoms with van der Waals surface area (Å²) in [5.41, 5.74) is 0.922. The highest BCUT2D eigenvalue weighted by atomic mass is 35.5. The maximum Gasteiger partial charge on any atom is 0.271 e. The number of non-ortho nitro benzene ring substituents is 1. The minimum absolute atomic E-state index is 0.0760. The number of hydrogen-bond acceptors (Lipinski definition) is 6. The van der Waals surface area contributed by atoms with Crippen molar-refractivity contribution in [3.8, 4) is 0 Å². The first-order chi connectivity index (χ1) is 22.0. The monoisotopic (exact) mass is 662 g/mol. The third-order valence-electron chi connectivity index (χ3n) is 7.19. The van der Waals surface area contributed by atoms with Crippen LogP contribution in [-0.4, -0.2) is 49.2 Å². The summed E-state index contributed by atoms with van der Waals surface area (Å²) in [4.78, 5) is 40.5. The van der Waals surface area contributed by atoms with Crippen molar-refractivity contribution >= 4 is 44.8 Å². The lowest BCUT2D eigenvalue weighted by molar-refractivity contribution is -0.384. The van der Waals surface area contributed by atoms with E-state index < -0.39 is 39.3 Å². The van der Waals surface area contributed by atoms with E-state index in [4.69, 9.17) is 11.6 Å². The predicted molar refractivity (Wildman–Crippen MR) is 178 cm³/mol. The van der Waals surface area contributed by atoms with Gasteiger partial charge in [-0.1, -0.05) is 98.2 Å². The average molecular weight is 663 g/mol. The van der Waals surface area contributed by atoms with Gasteiger partial charge in [-0.3, -0.25) is 24.0 Å². The summed E-state index contributed by atoms with van der Waals surface area (Å²) in [7, 11) is -4.40. The molecule has 10 nitrogen and oxygen atoms in total. The van der Waals surface area contributed by atoms with Crippen LogP contribution in [0.15, 0.2) is 114 Å². The van der Waals surface area contributed by atoms with Gasteiger partial charge in [-0.2, -0.15) is 0 Å². The second kappa shape index (κ2) is 15.5. The normalized spacial score (nSPS) is 11.9. The van der Waals surface area contributed by atoms with Crippen LogP contribution in [0.25, 0.3) is 0 Å². The summed E-state index contributed by atoms with van der Waals surface area (Å²) in [5.74, 6) is -0.980. The molecule has 2 amide bonds. The number of sulfonamides is 1. The highest BCUT2D eigenvalue weighted by Crippen LogP contribution is 2.28. The van der Waals surface area contributed by atoms with E-state index in [1.807, 2.05) is 44.2 Å². The second-order valence-corrected chi connectivity index (χ2v) is 13.3. The number of carbonyl (C=O) groups is 2. The fraction of sp³-hybridized carbons (Fsp3) is 0.235. The quantitative estimate of drug-likeness (QED) is 0.133. The van der Waals surface area contributed by atoms with E-state index in [0.717, 1.165) is 15.9 Å². The van der Waals surface area contributed by atoms with Gasteiger partial charge in [-0.15, -0.1) is 0 Å². The highest BCUT2D eigenvalue weighted by molar-refractivity contribution is 7.92. The van der Waals surface area contributed by atoms with E-state index >= 15 is 0 Å². The van der Waals surface area contributed by atoms with Gasteiger partial charge in [0.05, 0.1) is 15.5 Å². The van der Waals surface area contributed by atoms with E-state index in [1.54, 1.807) is 42.5 Å². The molecule has 4 rings (SSSR count). The summed E-state index contributed by atoms with van der Waals surface area (Å²) in [6.07, 6.45) is 0.142. The molecule has 0 bridgehead atoms. The molecule has 0 aliphatic heterocycles. The van der Waals surface area contributed by atoms with E-state index in [9.17, 15) is 28.1 Å². The molecule has 0 fully saturated rings. The van der Waals surface area contributed by atoms with Crippen LogP contribution in [0, 0.1) is 16.0 Å². The number of carbonyl (C=O) groups excluding carboxylic acids is 2. The van der Waals surface area contributed by atoms with E-state index in [-0.39, 0.29) is 35.2 Å². The summed E-state index contributed by atoms with van der Waals surface area (Å²) >= 11 is 6.51. The zero-order valence-corrected chi connectivity index (χ0v) is 27.0. The standard InChI is InChI=1S/C34H35ClN4O6S/c1-25(2)22-36-34(41)32(20-26-12-5-3-6-13-26)37(23-27-14-9-10-19-31(27)35)33(40)24-38(28-15-11-16-29(21-28)39(42)43)46(44,45)30-17-7-4-8-18-30/h3-19,21,25,32H,20,22-24H2,1-2H3,(H,36,41)/t32-/m0/s1. The summed E-state index contributed by atoms with van der Waals surface area (Å²) in [5, 5.41) is 14.9. The Kier molecular flexibility index (Phi) is 11.5. The fourth-order valence-corrected chi connectivity index (χ4v) is 6.42. The molecule has 240 valence electrons. The Morgan fingerprint density at radius 3 is 2.15 bits per heavy atom. The number of anilines is 1. The number of nitro groups is 1. The first kappa shape index (κ1) is 34.1. The smallest absolute Gasteiger partial charge is 0.271 e.